The first-order chi connectivity index (χ1) is 30.3. The molecule has 0 fully saturated rings. The summed E-state index contributed by atoms with van der Waals surface area (Å²) in [5, 5.41) is 5.08. The number of hydrogen-bond acceptors (Lipinski definition) is 2. The van der Waals surface area contributed by atoms with Crippen LogP contribution >= 0.6 is 11.3 Å². The van der Waals surface area contributed by atoms with Crippen LogP contribution in [0.3, 0.4) is 0 Å². The maximum Gasteiger partial charge on any atom is 0.0714 e. The molecular formula is C59H39NS. The van der Waals surface area contributed by atoms with Crippen molar-refractivity contribution in [1.82, 2.24) is 0 Å². The van der Waals surface area contributed by atoms with Crippen molar-refractivity contribution in [1.29, 1.82) is 0 Å². The van der Waals surface area contributed by atoms with Gasteiger partial charge in [0.05, 0.1) is 11.1 Å². The fourth-order valence-electron chi connectivity index (χ4n) is 10.0. The molecule has 0 radical (unpaired) electrons. The number of fused-ring (bicyclic) bond motifs is 7. The monoisotopic (exact) mass is 793 g/mol. The molecule has 0 N–H and O–H groups in total. The number of hydrogen-bond donors (Lipinski definition) is 0. The van der Waals surface area contributed by atoms with E-state index in [2.05, 4.69) is 241 Å². The summed E-state index contributed by atoms with van der Waals surface area (Å²) in [5.41, 5.74) is 15.2. The van der Waals surface area contributed by atoms with Crippen molar-refractivity contribution in [2.24, 2.45) is 0 Å². The van der Waals surface area contributed by atoms with Crippen molar-refractivity contribution in [3.05, 3.63) is 259 Å². The Bertz CT molecular complexity index is 3400. The Morgan fingerprint density at radius 3 is 1.79 bits per heavy atom. The van der Waals surface area contributed by atoms with Gasteiger partial charge in [-0.25, -0.2) is 0 Å². The van der Waals surface area contributed by atoms with Crippen LogP contribution in [0.4, 0.5) is 17.1 Å². The first-order valence-corrected chi connectivity index (χ1v) is 21.8. The van der Waals surface area contributed by atoms with E-state index in [-0.39, 0.29) is 0 Å². The zero-order valence-electron chi connectivity index (χ0n) is 33.4. The second-order valence-corrected chi connectivity index (χ2v) is 17.1. The Hall–Kier alpha value is -7.52. The lowest BCUT2D eigenvalue weighted by molar-refractivity contribution is 0.768. The molecule has 12 rings (SSSR count). The molecule has 286 valence electrons. The van der Waals surface area contributed by atoms with Crippen LogP contribution in [0.25, 0.3) is 64.3 Å². The molecule has 1 heterocycles. The number of nitrogens with zero attached hydrogens (tertiary/aromatic N) is 1. The average Bonchev–Trinajstić information content (AvgIpc) is 3.86. The fourth-order valence-corrected chi connectivity index (χ4v) is 11.3. The van der Waals surface area contributed by atoms with Crippen molar-refractivity contribution >= 4 is 59.3 Å². The molecule has 0 spiro atoms. The van der Waals surface area contributed by atoms with E-state index in [9.17, 15) is 0 Å². The van der Waals surface area contributed by atoms with Gasteiger partial charge in [0.2, 0.25) is 0 Å². The summed E-state index contributed by atoms with van der Waals surface area (Å²) in [5.74, 6) is 0. The summed E-state index contributed by atoms with van der Waals surface area (Å²) in [6.45, 7) is 0. The molecule has 10 aromatic carbocycles. The normalized spacial score (nSPS) is 12.7. The minimum Gasteiger partial charge on any atom is -0.310 e. The third kappa shape index (κ3) is 5.60. The number of rotatable bonds is 7. The summed E-state index contributed by atoms with van der Waals surface area (Å²) >= 11 is 1.88. The molecule has 0 saturated heterocycles. The number of para-hydroxylation sites is 1. The lowest BCUT2D eigenvalue weighted by atomic mass is 9.67. The topological polar surface area (TPSA) is 3.24 Å². The van der Waals surface area contributed by atoms with Gasteiger partial charge in [-0.05, 0) is 97.7 Å². The van der Waals surface area contributed by atoms with Gasteiger partial charge in [-0.3, -0.25) is 0 Å². The zero-order valence-corrected chi connectivity index (χ0v) is 34.2. The highest BCUT2D eigenvalue weighted by molar-refractivity contribution is 7.26. The third-order valence-electron chi connectivity index (χ3n) is 12.7. The average molecular weight is 794 g/mol. The highest BCUT2D eigenvalue weighted by Crippen LogP contribution is 2.57. The molecule has 61 heavy (non-hydrogen) atoms. The van der Waals surface area contributed by atoms with E-state index in [1.54, 1.807) is 0 Å². The Morgan fingerprint density at radius 1 is 0.344 bits per heavy atom. The molecule has 0 atom stereocenters. The SMILES string of the molecule is c1ccc(C2(c3ccccc3)c3ccccc3-c3ccc(N(c4cccc(-c5ccc6ccccc6c5)c4)c4ccccc4-c4cccc5c4sc4ccccc45)cc32)cc1. The van der Waals surface area contributed by atoms with E-state index in [0.717, 1.165) is 17.1 Å². The largest absolute Gasteiger partial charge is 0.310 e. The highest BCUT2D eigenvalue weighted by atomic mass is 32.1. The minimum absolute atomic E-state index is 0.523. The lowest BCUT2D eigenvalue weighted by Gasteiger charge is -2.35. The third-order valence-corrected chi connectivity index (χ3v) is 13.9. The van der Waals surface area contributed by atoms with Gasteiger partial charge >= 0.3 is 0 Å². The van der Waals surface area contributed by atoms with E-state index < -0.39 is 5.41 Å². The van der Waals surface area contributed by atoms with Crippen LogP contribution in [0.15, 0.2) is 237 Å². The van der Waals surface area contributed by atoms with Gasteiger partial charge in [0.1, 0.15) is 0 Å². The molecule has 1 aliphatic carbocycles. The van der Waals surface area contributed by atoms with Crippen LogP contribution in [0.5, 0.6) is 0 Å². The van der Waals surface area contributed by atoms with Gasteiger partial charge in [-0.2, -0.15) is 0 Å². The van der Waals surface area contributed by atoms with E-state index in [1.807, 2.05) is 11.3 Å². The predicted octanol–water partition coefficient (Wildman–Crippen LogP) is 16.4. The van der Waals surface area contributed by atoms with Crippen LogP contribution in [0, 0.1) is 0 Å². The van der Waals surface area contributed by atoms with E-state index >= 15 is 0 Å². The Morgan fingerprint density at radius 2 is 0.951 bits per heavy atom. The summed E-state index contributed by atoms with van der Waals surface area (Å²) in [6, 6.07) is 87.4. The lowest BCUT2D eigenvalue weighted by Crippen LogP contribution is -2.28. The van der Waals surface area contributed by atoms with Crippen molar-refractivity contribution < 1.29 is 0 Å². The molecule has 0 amide bonds. The van der Waals surface area contributed by atoms with Crippen molar-refractivity contribution in [2.75, 3.05) is 4.90 Å². The van der Waals surface area contributed by atoms with Gasteiger partial charge < -0.3 is 4.90 Å². The molecule has 1 aromatic heterocycles. The number of benzene rings is 10. The summed E-state index contributed by atoms with van der Waals surface area (Å²) < 4.78 is 2.61. The molecule has 0 aliphatic heterocycles. The van der Waals surface area contributed by atoms with Crippen molar-refractivity contribution in [3.63, 3.8) is 0 Å². The smallest absolute Gasteiger partial charge is 0.0714 e. The first kappa shape index (κ1) is 35.4. The number of thiophene rings is 1. The minimum atomic E-state index is -0.523. The quantitative estimate of drug-likeness (QED) is 0.155. The molecule has 0 bridgehead atoms. The fraction of sp³-hybridized carbons (Fsp3) is 0.0169. The standard InChI is InChI=1S/C59H39NS/c1-3-20-44(21-4-1)59(45-22-5-2-6-23-45)54-30-12-9-25-48(54)49-36-35-47(39-55(49)59)60(46-24-15-19-42(38-46)43-34-33-40-17-7-8-18-41(40)37-43)56-31-13-10-26-50(56)52-28-16-29-53-51-27-11-14-32-57(51)61-58(52)53/h1-39H. The van der Waals surface area contributed by atoms with Crippen molar-refractivity contribution in [3.8, 4) is 33.4 Å². The van der Waals surface area contributed by atoms with Gasteiger partial charge in [0, 0.05) is 42.7 Å². The molecule has 11 aromatic rings. The van der Waals surface area contributed by atoms with Crippen molar-refractivity contribution in [2.45, 2.75) is 5.41 Å². The summed E-state index contributed by atoms with van der Waals surface area (Å²) in [4.78, 5) is 2.50. The molecule has 1 nitrogen and oxygen atoms in total. The Labute approximate surface area is 360 Å². The molecule has 2 heteroatoms. The summed E-state index contributed by atoms with van der Waals surface area (Å²) in [7, 11) is 0. The van der Waals surface area contributed by atoms with E-state index in [4.69, 9.17) is 0 Å². The zero-order chi connectivity index (χ0) is 40.3. The highest BCUT2D eigenvalue weighted by Gasteiger charge is 2.46. The van der Waals surface area contributed by atoms with E-state index in [0.29, 0.717) is 0 Å². The second kappa shape index (κ2) is 14.3. The molecule has 0 unspecified atom stereocenters. The molecule has 0 saturated carbocycles. The van der Waals surface area contributed by atoms with Gasteiger partial charge in [-0.1, -0.05) is 194 Å². The predicted molar refractivity (Wildman–Crippen MR) is 260 cm³/mol. The maximum absolute atomic E-state index is 2.50. The first-order valence-electron chi connectivity index (χ1n) is 21.0. The van der Waals surface area contributed by atoms with Crippen LogP contribution in [0.2, 0.25) is 0 Å². The van der Waals surface area contributed by atoms with Gasteiger partial charge in [0.25, 0.3) is 0 Å². The van der Waals surface area contributed by atoms with Gasteiger partial charge in [0.15, 0.2) is 0 Å². The van der Waals surface area contributed by atoms with Crippen LogP contribution in [-0.2, 0) is 5.41 Å². The summed E-state index contributed by atoms with van der Waals surface area (Å²) in [6.07, 6.45) is 0. The van der Waals surface area contributed by atoms with Crippen LogP contribution < -0.4 is 4.90 Å². The maximum atomic E-state index is 2.50. The second-order valence-electron chi connectivity index (χ2n) is 16.0. The van der Waals surface area contributed by atoms with Gasteiger partial charge in [-0.15, -0.1) is 11.3 Å². The molecular weight excluding hydrogens is 755 g/mol. The van der Waals surface area contributed by atoms with Crippen LogP contribution in [-0.4, -0.2) is 0 Å². The van der Waals surface area contributed by atoms with E-state index in [1.165, 1.54) is 86.6 Å². The Balaban J connectivity index is 1.13. The Kier molecular flexibility index (Phi) is 8.33. The van der Waals surface area contributed by atoms with Crippen LogP contribution in [0.1, 0.15) is 22.3 Å². The number of anilines is 3. The molecule has 1 aliphatic rings.